The third-order valence-electron chi connectivity index (χ3n) is 2.83. The number of ether oxygens (including phenoxy) is 1. The molecule has 0 radical (unpaired) electrons. The third kappa shape index (κ3) is 3.01. The number of aryl methyl sites for hydroxylation is 2. The van der Waals surface area contributed by atoms with E-state index >= 15 is 0 Å². The van der Waals surface area contributed by atoms with Gasteiger partial charge in [-0.25, -0.2) is 0 Å². The van der Waals surface area contributed by atoms with Gasteiger partial charge in [0.2, 0.25) is 0 Å². The van der Waals surface area contributed by atoms with E-state index in [1.165, 1.54) is 11.1 Å². The van der Waals surface area contributed by atoms with Crippen LogP contribution in [-0.4, -0.2) is 0 Å². The topological polar surface area (TPSA) is 9.23 Å². The lowest BCUT2D eigenvalue weighted by atomic mass is 10.1. The first-order valence-electron chi connectivity index (χ1n) is 5.60. The lowest BCUT2D eigenvalue weighted by Gasteiger charge is -2.09. The molecule has 2 rings (SSSR count). The summed E-state index contributed by atoms with van der Waals surface area (Å²) >= 11 is 6.07. The molecule has 2 aromatic rings. The standard InChI is InChI=1S/C15H15ClO/c1-11-7-8-14(9-12(11)2)17-10-13-5-3-4-6-15(13)16/h3-9H,10H2,1-2H3. The van der Waals surface area contributed by atoms with Crippen molar-refractivity contribution in [1.29, 1.82) is 0 Å². The van der Waals surface area contributed by atoms with Crippen LogP contribution < -0.4 is 4.74 Å². The van der Waals surface area contributed by atoms with Crippen molar-refractivity contribution in [3.8, 4) is 5.75 Å². The van der Waals surface area contributed by atoms with Gasteiger partial charge < -0.3 is 4.74 Å². The molecule has 0 aliphatic heterocycles. The molecule has 2 heteroatoms. The minimum absolute atomic E-state index is 0.502. The number of hydrogen-bond acceptors (Lipinski definition) is 1. The minimum Gasteiger partial charge on any atom is -0.489 e. The molecule has 0 bridgehead atoms. The Bertz CT molecular complexity index is 520. The molecule has 0 saturated heterocycles. The molecule has 0 heterocycles. The quantitative estimate of drug-likeness (QED) is 0.773. The smallest absolute Gasteiger partial charge is 0.120 e. The second kappa shape index (κ2) is 5.24. The van der Waals surface area contributed by atoms with Crippen LogP contribution in [-0.2, 0) is 6.61 Å². The van der Waals surface area contributed by atoms with Gasteiger partial charge in [-0.05, 0) is 43.2 Å². The monoisotopic (exact) mass is 246 g/mol. The highest BCUT2D eigenvalue weighted by atomic mass is 35.5. The van der Waals surface area contributed by atoms with Gasteiger partial charge in [0, 0.05) is 10.6 Å². The van der Waals surface area contributed by atoms with Gasteiger partial charge in [0.15, 0.2) is 0 Å². The maximum Gasteiger partial charge on any atom is 0.120 e. The molecule has 0 N–H and O–H groups in total. The average Bonchev–Trinajstić information content (AvgIpc) is 2.32. The summed E-state index contributed by atoms with van der Waals surface area (Å²) in [6, 6.07) is 13.8. The Morgan fingerprint density at radius 2 is 1.76 bits per heavy atom. The molecule has 0 atom stereocenters. The Morgan fingerprint density at radius 3 is 2.47 bits per heavy atom. The zero-order chi connectivity index (χ0) is 12.3. The van der Waals surface area contributed by atoms with Crippen LogP contribution in [0.4, 0.5) is 0 Å². The highest BCUT2D eigenvalue weighted by Crippen LogP contribution is 2.20. The van der Waals surface area contributed by atoms with Crippen molar-refractivity contribution < 1.29 is 4.74 Å². The van der Waals surface area contributed by atoms with Gasteiger partial charge in [-0.1, -0.05) is 35.9 Å². The Hall–Kier alpha value is -1.47. The molecule has 0 amide bonds. The van der Waals surface area contributed by atoms with Crippen LogP contribution in [0, 0.1) is 13.8 Å². The van der Waals surface area contributed by atoms with Gasteiger partial charge in [-0.3, -0.25) is 0 Å². The van der Waals surface area contributed by atoms with Crippen LogP contribution in [0.25, 0.3) is 0 Å². The van der Waals surface area contributed by atoms with E-state index in [-0.39, 0.29) is 0 Å². The first kappa shape index (κ1) is 12.0. The molecule has 0 unspecified atom stereocenters. The number of rotatable bonds is 3. The van der Waals surface area contributed by atoms with E-state index in [2.05, 4.69) is 19.9 Å². The second-order valence-electron chi connectivity index (χ2n) is 4.13. The van der Waals surface area contributed by atoms with E-state index in [0.29, 0.717) is 6.61 Å². The van der Waals surface area contributed by atoms with Gasteiger partial charge in [-0.2, -0.15) is 0 Å². The number of halogens is 1. The molecule has 2 aromatic carbocycles. The summed E-state index contributed by atoms with van der Waals surface area (Å²) in [5.41, 5.74) is 3.52. The van der Waals surface area contributed by atoms with Crippen LogP contribution in [0.3, 0.4) is 0 Å². The zero-order valence-corrected chi connectivity index (χ0v) is 10.8. The van der Waals surface area contributed by atoms with E-state index in [1.54, 1.807) is 0 Å². The van der Waals surface area contributed by atoms with Gasteiger partial charge >= 0.3 is 0 Å². The summed E-state index contributed by atoms with van der Waals surface area (Å²) < 4.78 is 5.72. The van der Waals surface area contributed by atoms with Crippen LogP contribution in [0.5, 0.6) is 5.75 Å². The van der Waals surface area contributed by atoms with Gasteiger partial charge in [0.1, 0.15) is 12.4 Å². The molecule has 88 valence electrons. The van der Waals surface area contributed by atoms with Crippen molar-refractivity contribution >= 4 is 11.6 Å². The molecule has 0 aromatic heterocycles. The Kier molecular flexibility index (Phi) is 3.70. The summed E-state index contributed by atoms with van der Waals surface area (Å²) in [5, 5.41) is 0.747. The van der Waals surface area contributed by atoms with Crippen molar-refractivity contribution in [2.75, 3.05) is 0 Å². The fourth-order valence-electron chi connectivity index (χ4n) is 1.58. The predicted molar refractivity (Wildman–Crippen MR) is 71.7 cm³/mol. The van der Waals surface area contributed by atoms with Crippen molar-refractivity contribution in [3.63, 3.8) is 0 Å². The fourth-order valence-corrected chi connectivity index (χ4v) is 1.77. The lowest BCUT2D eigenvalue weighted by molar-refractivity contribution is 0.306. The normalized spacial score (nSPS) is 10.3. The van der Waals surface area contributed by atoms with E-state index in [0.717, 1.165) is 16.3 Å². The number of hydrogen-bond donors (Lipinski definition) is 0. The van der Waals surface area contributed by atoms with Crippen LogP contribution in [0.15, 0.2) is 42.5 Å². The van der Waals surface area contributed by atoms with E-state index < -0.39 is 0 Å². The summed E-state index contributed by atoms with van der Waals surface area (Å²) in [5.74, 6) is 0.882. The first-order chi connectivity index (χ1) is 8.16. The Balaban J connectivity index is 2.08. The third-order valence-corrected chi connectivity index (χ3v) is 3.20. The molecule has 0 fully saturated rings. The van der Waals surface area contributed by atoms with Crippen molar-refractivity contribution in [2.24, 2.45) is 0 Å². The Labute approximate surface area is 107 Å². The molecule has 0 aliphatic carbocycles. The van der Waals surface area contributed by atoms with E-state index in [1.807, 2.05) is 36.4 Å². The Morgan fingerprint density at radius 1 is 1.00 bits per heavy atom. The molecule has 1 nitrogen and oxygen atoms in total. The number of benzene rings is 2. The highest BCUT2D eigenvalue weighted by Gasteiger charge is 2.01. The maximum atomic E-state index is 6.07. The van der Waals surface area contributed by atoms with E-state index in [4.69, 9.17) is 16.3 Å². The lowest BCUT2D eigenvalue weighted by Crippen LogP contribution is -1.96. The van der Waals surface area contributed by atoms with Crippen molar-refractivity contribution in [1.82, 2.24) is 0 Å². The average molecular weight is 247 g/mol. The SMILES string of the molecule is Cc1ccc(OCc2ccccc2Cl)cc1C. The maximum absolute atomic E-state index is 6.07. The van der Waals surface area contributed by atoms with Crippen molar-refractivity contribution in [3.05, 3.63) is 64.2 Å². The molecule has 0 aliphatic rings. The minimum atomic E-state index is 0.502. The molecule has 0 saturated carbocycles. The van der Waals surface area contributed by atoms with Crippen LogP contribution >= 0.6 is 11.6 Å². The molecular weight excluding hydrogens is 232 g/mol. The molecule has 17 heavy (non-hydrogen) atoms. The first-order valence-corrected chi connectivity index (χ1v) is 5.98. The molecule has 0 spiro atoms. The summed E-state index contributed by atoms with van der Waals surface area (Å²) in [6.45, 7) is 4.67. The zero-order valence-electron chi connectivity index (χ0n) is 10.0. The predicted octanol–water partition coefficient (Wildman–Crippen LogP) is 4.54. The van der Waals surface area contributed by atoms with E-state index in [9.17, 15) is 0 Å². The fraction of sp³-hybridized carbons (Fsp3) is 0.200. The van der Waals surface area contributed by atoms with Gasteiger partial charge in [-0.15, -0.1) is 0 Å². The van der Waals surface area contributed by atoms with Crippen LogP contribution in [0.1, 0.15) is 16.7 Å². The van der Waals surface area contributed by atoms with Gasteiger partial charge in [0.05, 0.1) is 0 Å². The highest BCUT2D eigenvalue weighted by molar-refractivity contribution is 6.31. The second-order valence-corrected chi connectivity index (χ2v) is 4.53. The summed E-state index contributed by atoms with van der Waals surface area (Å²) in [4.78, 5) is 0. The van der Waals surface area contributed by atoms with Gasteiger partial charge in [0.25, 0.3) is 0 Å². The van der Waals surface area contributed by atoms with Crippen molar-refractivity contribution in [2.45, 2.75) is 20.5 Å². The largest absolute Gasteiger partial charge is 0.489 e. The summed E-state index contributed by atoms with van der Waals surface area (Å²) in [7, 11) is 0. The molecular formula is C15H15ClO. The van der Waals surface area contributed by atoms with Crippen LogP contribution in [0.2, 0.25) is 5.02 Å². The summed E-state index contributed by atoms with van der Waals surface area (Å²) in [6.07, 6.45) is 0.